The quantitative estimate of drug-likeness (QED) is 0.757. The second kappa shape index (κ2) is 6.24. The number of halogens is 1. The van der Waals surface area contributed by atoms with Gasteiger partial charge in [0.05, 0.1) is 12.6 Å². The average molecular weight is 309 g/mol. The molecule has 0 heterocycles. The molecule has 2 aliphatic rings. The normalized spacial score (nSPS) is 19.4. The molecule has 2 aliphatic carbocycles. The minimum Gasteiger partial charge on any atom is -0.394 e. The first-order chi connectivity index (χ1) is 10.2. The number of nitrogens with one attached hydrogen (secondary N) is 2. The second-order valence-electron chi connectivity index (χ2n) is 6.11. The topological polar surface area (TPSA) is 61.4 Å². The largest absolute Gasteiger partial charge is 0.394 e. The van der Waals surface area contributed by atoms with E-state index in [-0.39, 0.29) is 12.6 Å². The Morgan fingerprint density at radius 1 is 1.14 bits per heavy atom. The Hall–Kier alpha value is -1.26. The highest BCUT2D eigenvalue weighted by Crippen LogP contribution is 2.44. The molecule has 114 valence electrons. The lowest BCUT2D eigenvalue weighted by Gasteiger charge is -2.22. The highest BCUT2D eigenvalue weighted by Gasteiger charge is 2.42. The van der Waals surface area contributed by atoms with E-state index in [1.807, 2.05) is 12.1 Å². The van der Waals surface area contributed by atoms with Crippen molar-refractivity contribution in [1.29, 1.82) is 0 Å². The lowest BCUT2D eigenvalue weighted by Crippen LogP contribution is -2.46. The van der Waals surface area contributed by atoms with Gasteiger partial charge in [0, 0.05) is 11.1 Å². The molecule has 0 aliphatic heterocycles. The zero-order chi connectivity index (χ0) is 14.8. The number of carbonyl (C=O) groups excluding carboxylic acids is 1. The zero-order valence-corrected chi connectivity index (χ0v) is 12.6. The molecule has 0 radical (unpaired) electrons. The summed E-state index contributed by atoms with van der Waals surface area (Å²) >= 11 is 5.86. The predicted octanol–water partition coefficient (Wildman–Crippen LogP) is 2.86. The van der Waals surface area contributed by atoms with Crippen molar-refractivity contribution in [2.75, 3.05) is 6.61 Å². The van der Waals surface area contributed by atoms with Gasteiger partial charge in [-0.2, -0.15) is 0 Å². The Morgan fingerprint density at radius 2 is 1.71 bits per heavy atom. The van der Waals surface area contributed by atoms with Crippen LogP contribution < -0.4 is 10.6 Å². The minimum atomic E-state index is -0.402. The van der Waals surface area contributed by atoms with Crippen LogP contribution in [-0.4, -0.2) is 23.8 Å². The molecule has 1 aromatic carbocycles. The molecule has 1 atom stereocenters. The SMILES string of the molecule is O=C(NC(CO)c1ccc(Cl)cc1)NC(C1CC1)C1CC1. The van der Waals surface area contributed by atoms with E-state index in [2.05, 4.69) is 10.6 Å². The van der Waals surface area contributed by atoms with Gasteiger partial charge in [-0.25, -0.2) is 4.79 Å². The van der Waals surface area contributed by atoms with Crippen molar-refractivity contribution in [3.8, 4) is 0 Å². The van der Waals surface area contributed by atoms with Crippen molar-refractivity contribution in [2.45, 2.75) is 37.8 Å². The molecule has 0 spiro atoms. The average Bonchev–Trinajstić information content (AvgIpc) is 3.37. The van der Waals surface area contributed by atoms with Crippen LogP contribution in [0.4, 0.5) is 4.79 Å². The highest BCUT2D eigenvalue weighted by molar-refractivity contribution is 6.30. The first-order valence-electron chi connectivity index (χ1n) is 7.60. The molecule has 4 nitrogen and oxygen atoms in total. The van der Waals surface area contributed by atoms with Gasteiger partial charge >= 0.3 is 6.03 Å². The molecule has 0 aromatic heterocycles. The smallest absolute Gasteiger partial charge is 0.315 e. The van der Waals surface area contributed by atoms with E-state index in [0.29, 0.717) is 22.9 Å². The molecule has 3 rings (SSSR count). The summed E-state index contributed by atoms with van der Waals surface area (Å²) in [5.74, 6) is 1.32. The molecule has 21 heavy (non-hydrogen) atoms. The molecular formula is C16H21ClN2O2. The van der Waals surface area contributed by atoms with E-state index in [4.69, 9.17) is 11.6 Å². The van der Waals surface area contributed by atoms with Gasteiger partial charge in [-0.15, -0.1) is 0 Å². The molecule has 2 amide bonds. The second-order valence-corrected chi connectivity index (χ2v) is 6.54. The van der Waals surface area contributed by atoms with Gasteiger partial charge in [0.1, 0.15) is 0 Å². The van der Waals surface area contributed by atoms with Crippen molar-refractivity contribution in [3.05, 3.63) is 34.9 Å². The van der Waals surface area contributed by atoms with E-state index in [9.17, 15) is 9.90 Å². The lowest BCUT2D eigenvalue weighted by atomic mass is 10.1. The molecule has 3 N–H and O–H groups in total. The Labute approximate surface area is 129 Å². The number of benzene rings is 1. The van der Waals surface area contributed by atoms with Crippen molar-refractivity contribution in [1.82, 2.24) is 10.6 Å². The molecule has 0 saturated heterocycles. The van der Waals surface area contributed by atoms with Crippen LogP contribution in [0.2, 0.25) is 5.02 Å². The van der Waals surface area contributed by atoms with Crippen molar-refractivity contribution in [3.63, 3.8) is 0 Å². The van der Waals surface area contributed by atoms with Crippen LogP contribution in [0.3, 0.4) is 0 Å². The molecule has 2 fully saturated rings. The third-order valence-electron chi connectivity index (χ3n) is 4.32. The van der Waals surface area contributed by atoms with Gasteiger partial charge in [-0.3, -0.25) is 0 Å². The van der Waals surface area contributed by atoms with Gasteiger partial charge in [-0.05, 0) is 55.2 Å². The Bertz CT molecular complexity index is 486. The van der Waals surface area contributed by atoms with Gasteiger partial charge in [0.15, 0.2) is 0 Å². The summed E-state index contributed by atoms with van der Waals surface area (Å²) in [5, 5.41) is 16.1. The maximum absolute atomic E-state index is 12.2. The minimum absolute atomic E-state index is 0.132. The van der Waals surface area contributed by atoms with Gasteiger partial charge in [0.2, 0.25) is 0 Å². The number of hydrogen-bond donors (Lipinski definition) is 3. The number of hydrogen-bond acceptors (Lipinski definition) is 2. The summed E-state index contributed by atoms with van der Waals surface area (Å²) in [5.41, 5.74) is 0.853. The van der Waals surface area contributed by atoms with Gasteiger partial charge < -0.3 is 15.7 Å². The maximum atomic E-state index is 12.2. The number of aliphatic hydroxyl groups excluding tert-OH is 1. The van der Waals surface area contributed by atoms with Crippen LogP contribution in [0.15, 0.2) is 24.3 Å². The summed E-state index contributed by atoms with van der Waals surface area (Å²) in [4.78, 5) is 12.2. The fraction of sp³-hybridized carbons (Fsp3) is 0.562. The first-order valence-corrected chi connectivity index (χ1v) is 7.98. The molecule has 5 heteroatoms. The standard InChI is InChI=1S/C16H21ClN2O2/c17-13-7-5-10(6-8-13)14(9-20)18-16(21)19-15(11-1-2-11)12-3-4-12/h5-8,11-12,14-15,20H,1-4,9H2,(H2,18,19,21). The van der Waals surface area contributed by atoms with Crippen LogP contribution in [0.1, 0.15) is 37.3 Å². The monoisotopic (exact) mass is 308 g/mol. The van der Waals surface area contributed by atoms with Gasteiger partial charge in [0.25, 0.3) is 0 Å². The Kier molecular flexibility index (Phi) is 4.36. The van der Waals surface area contributed by atoms with E-state index < -0.39 is 6.04 Å². The van der Waals surface area contributed by atoms with Crippen LogP contribution >= 0.6 is 11.6 Å². The number of carbonyl (C=O) groups is 1. The summed E-state index contributed by atoms with van der Waals surface area (Å²) < 4.78 is 0. The predicted molar refractivity (Wildman–Crippen MR) is 82.2 cm³/mol. The third-order valence-corrected chi connectivity index (χ3v) is 4.57. The molecular weight excluding hydrogens is 288 g/mol. The van der Waals surface area contributed by atoms with Crippen molar-refractivity contribution in [2.24, 2.45) is 11.8 Å². The summed E-state index contributed by atoms with van der Waals surface area (Å²) in [6, 6.07) is 6.89. The summed E-state index contributed by atoms with van der Waals surface area (Å²) in [7, 11) is 0. The lowest BCUT2D eigenvalue weighted by molar-refractivity contribution is 0.211. The van der Waals surface area contributed by atoms with Crippen molar-refractivity contribution < 1.29 is 9.90 Å². The molecule has 0 bridgehead atoms. The molecule has 1 aromatic rings. The van der Waals surface area contributed by atoms with E-state index in [1.54, 1.807) is 12.1 Å². The number of aliphatic hydroxyl groups is 1. The summed E-state index contributed by atoms with van der Waals surface area (Å²) in [6.45, 7) is -0.132. The Morgan fingerprint density at radius 3 is 2.19 bits per heavy atom. The van der Waals surface area contributed by atoms with Crippen molar-refractivity contribution >= 4 is 17.6 Å². The first kappa shape index (κ1) is 14.7. The van der Waals surface area contributed by atoms with Crippen LogP contribution in [-0.2, 0) is 0 Å². The summed E-state index contributed by atoms with van der Waals surface area (Å²) in [6.07, 6.45) is 4.90. The van der Waals surface area contributed by atoms with Crippen LogP contribution in [0.25, 0.3) is 0 Å². The Balaban J connectivity index is 1.57. The van der Waals surface area contributed by atoms with Gasteiger partial charge in [-0.1, -0.05) is 23.7 Å². The number of rotatable bonds is 6. The van der Waals surface area contributed by atoms with E-state index in [0.717, 1.165) is 5.56 Å². The fourth-order valence-corrected chi connectivity index (χ4v) is 2.94. The molecule has 1 unspecified atom stereocenters. The zero-order valence-electron chi connectivity index (χ0n) is 11.9. The fourth-order valence-electron chi connectivity index (χ4n) is 2.81. The van der Waals surface area contributed by atoms with E-state index in [1.165, 1.54) is 25.7 Å². The highest BCUT2D eigenvalue weighted by atomic mass is 35.5. The molecule has 2 saturated carbocycles. The van der Waals surface area contributed by atoms with E-state index >= 15 is 0 Å². The number of amides is 2. The third kappa shape index (κ3) is 3.89. The maximum Gasteiger partial charge on any atom is 0.315 e. The number of urea groups is 1. The van der Waals surface area contributed by atoms with Crippen LogP contribution in [0.5, 0.6) is 0 Å². The van der Waals surface area contributed by atoms with Crippen LogP contribution in [0, 0.1) is 11.8 Å².